The van der Waals surface area contributed by atoms with Gasteiger partial charge >= 0.3 is 15.0 Å². The van der Waals surface area contributed by atoms with E-state index in [-0.39, 0.29) is 0 Å². The number of halogens is 4. The van der Waals surface area contributed by atoms with E-state index < -0.39 is 24.9 Å². The average Bonchev–Trinajstić information content (AvgIpc) is 2.11. The van der Waals surface area contributed by atoms with Crippen molar-refractivity contribution in [3.63, 3.8) is 0 Å². The SMILES string of the molecule is FC(F)(F)CC(I)[Si]12OCCN(CCO1)CCO2. The monoisotopic (exact) mass is 397 g/mol. The van der Waals surface area contributed by atoms with Gasteiger partial charge in [0, 0.05) is 19.6 Å². The topological polar surface area (TPSA) is 30.9 Å². The van der Waals surface area contributed by atoms with E-state index in [1.807, 2.05) is 0 Å². The fourth-order valence-corrected chi connectivity index (χ4v) is 6.53. The van der Waals surface area contributed by atoms with Crippen LogP contribution in [0, 0.1) is 0 Å². The van der Waals surface area contributed by atoms with E-state index in [1.54, 1.807) is 22.6 Å². The van der Waals surface area contributed by atoms with Gasteiger partial charge < -0.3 is 13.3 Å². The molecule has 3 aliphatic heterocycles. The van der Waals surface area contributed by atoms with Crippen LogP contribution < -0.4 is 0 Å². The third-order valence-electron chi connectivity index (χ3n) is 2.93. The van der Waals surface area contributed by atoms with Gasteiger partial charge in [-0.15, -0.1) is 0 Å². The second kappa shape index (κ2) is 5.91. The molecule has 3 rings (SSSR count). The highest BCUT2D eigenvalue weighted by molar-refractivity contribution is 14.1. The molecule has 0 N–H and O–H groups in total. The molecule has 4 nitrogen and oxygen atoms in total. The van der Waals surface area contributed by atoms with E-state index in [9.17, 15) is 13.2 Å². The molecule has 3 aliphatic rings. The highest BCUT2D eigenvalue weighted by Gasteiger charge is 2.53. The average molecular weight is 397 g/mol. The van der Waals surface area contributed by atoms with Crippen LogP contribution in [0.2, 0.25) is 0 Å². The van der Waals surface area contributed by atoms with Crippen LogP contribution in [0.15, 0.2) is 0 Å². The molecule has 0 saturated carbocycles. The Hall–Kier alpha value is 0.577. The van der Waals surface area contributed by atoms with E-state index in [2.05, 4.69) is 4.90 Å². The Balaban J connectivity index is 2.09. The summed E-state index contributed by atoms with van der Waals surface area (Å²) in [7, 11) is -3.20. The zero-order chi connectivity index (χ0) is 13.2. The third kappa shape index (κ3) is 3.79. The molecule has 2 bridgehead atoms. The number of rotatable bonds is 2. The molecular weight excluding hydrogens is 382 g/mol. The molecule has 1 unspecified atom stereocenters. The largest absolute Gasteiger partial charge is 0.514 e. The highest BCUT2D eigenvalue weighted by Crippen LogP contribution is 2.33. The van der Waals surface area contributed by atoms with Gasteiger partial charge in [-0.1, -0.05) is 22.6 Å². The number of nitrogens with zero attached hydrogens (tertiary/aromatic N) is 1. The van der Waals surface area contributed by atoms with Crippen molar-refractivity contribution in [2.75, 3.05) is 39.5 Å². The van der Waals surface area contributed by atoms with Crippen molar-refractivity contribution in [2.45, 2.75) is 16.1 Å². The Labute approximate surface area is 118 Å². The van der Waals surface area contributed by atoms with Gasteiger partial charge in [-0.2, -0.15) is 13.2 Å². The maximum absolute atomic E-state index is 12.5. The van der Waals surface area contributed by atoms with Crippen LogP contribution >= 0.6 is 22.6 Å². The predicted molar refractivity (Wildman–Crippen MR) is 68.5 cm³/mol. The second-order valence-corrected chi connectivity index (χ2v) is 9.73. The summed E-state index contributed by atoms with van der Waals surface area (Å²) in [6, 6.07) is 0. The Bertz CT molecular complexity index is 268. The van der Waals surface area contributed by atoms with Gasteiger partial charge in [0.05, 0.1) is 29.8 Å². The fraction of sp³-hybridized carbons (Fsp3) is 1.00. The van der Waals surface area contributed by atoms with Gasteiger partial charge in [0.25, 0.3) is 0 Å². The molecule has 0 spiro atoms. The summed E-state index contributed by atoms with van der Waals surface area (Å²) in [5.41, 5.74) is 0. The Kier molecular flexibility index (Phi) is 4.92. The van der Waals surface area contributed by atoms with Gasteiger partial charge in [-0.05, 0) is 0 Å². The van der Waals surface area contributed by atoms with Crippen molar-refractivity contribution in [1.82, 2.24) is 4.90 Å². The van der Waals surface area contributed by atoms with Crippen LogP contribution in [0.5, 0.6) is 0 Å². The van der Waals surface area contributed by atoms with E-state index in [0.29, 0.717) is 19.8 Å². The van der Waals surface area contributed by atoms with Crippen LogP contribution in [0.1, 0.15) is 6.42 Å². The Morgan fingerprint density at radius 3 is 1.89 bits per heavy atom. The number of alkyl halides is 4. The molecule has 106 valence electrons. The van der Waals surface area contributed by atoms with Crippen molar-refractivity contribution in [3.8, 4) is 0 Å². The third-order valence-corrected chi connectivity index (χ3v) is 8.45. The number of fused-ring (bicyclic) bond motifs is 6. The first-order valence-corrected chi connectivity index (χ1v) is 8.81. The van der Waals surface area contributed by atoms with Crippen LogP contribution in [0.25, 0.3) is 0 Å². The summed E-state index contributed by atoms with van der Waals surface area (Å²) in [6.45, 7) is 3.33. The van der Waals surface area contributed by atoms with E-state index >= 15 is 0 Å². The maximum atomic E-state index is 12.5. The van der Waals surface area contributed by atoms with Crippen molar-refractivity contribution in [2.24, 2.45) is 0 Å². The normalized spacial score (nSPS) is 35.7. The summed E-state index contributed by atoms with van der Waals surface area (Å²) in [6.07, 6.45) is -5.15. The molecule has 0 aliphatic carbocycles. The molecule has 0 aromatic carbocycles. The summed E-state index contributed by atoms with van der Waals surface area (Å²) >= 11 is 1.76. The fourth-order valence-electron chi connectivity index (χ4n) is 2.01. The lowest BCUT2D eigenvalue weighted by Crippen LogP contribution is -2.60. The smallest absolute Gasteiger partial charge is 0.371 e. The molecule has 9 heteroatoms. The lowest BCUT2D eigenvalue weighted by molar-refractivity contribution is -0.134. The Morgan fingerprint density at radius 1 is 1.06 bits per heavy atom. The first-order valence-electron chi connectivity index (χ1n) is 5.76. The molecule has 18 heavy (non-hydrogen) atoms. The number of hydrogen-bond acceptors (Lipinski definition) is 4. The summed E-state index contributed by atoms with van der Waals surface area (Å²) in [4.78, 5) is 2.13. The minimum atomic E-state index is -4.22. The van der Waals surface area contributed by atoms with Crippen LogP contribution in [-0.2, 0) is 13.3 Å². The van der Waals surface area contributed by atoms with Crippen LogP contribution in [0.3, 0.4) is 0 Å². The van der Waals surface area contributed by atoms with E-state index in [0.717, 1.165) is 19.6 Å². The summed E-state index contributed by atoms with van der Waals surface area (Å²) < 4.78 is 53.5. The Morgan fingerprint density at radius 2 is 1.50 bits per heavy atom. The lowest BCUT2D eigenvalue weighted by atomic mass is 10.4. The molecule has 0 amide bonds. The van der Waals surface area contributed by atoms with E-state index in [4.69, 9.17) is 13.3 Å². The van der Waals surface area contributed by atoms with Gasteiger partial charge in [0.2, 0.25) is 0 Å². The van der Waals surface area contributed by atoms with Crippen molar-refractivity contribution < 1.29 is 26.4 Å². The van der Waals surface area contributed by atoms with Gasteiger partial charge in [0.15, 0.2) is 0 Å². The van der Waals surface area contributed by atoms with Crippen molar-refractivity contribution in [1.29, 1.82) is 0 Å². The highest BCUT2D eigenvalue weighted by atomic mass is 127. The van der Waals surface area contributed by atoms with Crippen LogP contribution in [0.4, 0.5) is 13.2 Å². The zero-order valence-corrected chi connectivity index (χ0v) is 12.9. The minimum absolute atomic E-state index is 0.379. The molecule has 3 heterocycles. The molecule has 3 saturated heterocycles. The molecule has 0 aromatic heterocycles. The molecule has 0 radical (unpaired) electrons. The molecule has 1 atom stereocenters. The summed E-state index contributed by atoms with van der Waals surface area (Å²) in [5, 5.41) is 0. The minimum Gasteiger partial charge on any atom is -0.371 e. The van der Waals surface area contributed by atoms with Crippen LogP contribution in [-0.4, -0.2) is 62.9 Å². The van der Waals surface area contributed by atoms with Crippen molar-refractivity contribution in [3.05, 3.63) is 0 Å². The van der Waals surface area contributed by atoms with Gasteiger partial charge in [-0.25, -0.2) is 0 Å². The molecule has 3 fully saturated rings. The first-order chi connectivity index (χ1) is 8.41. The van der Waals surface area contributed by atoms with E-state index in [1.165, 1.54) is 0 Å². The maximum Gasteiger partial charge on any atom is 0.514 e. The predicted octanol–water partition coefficient (Wildman–Crippen LogP) is 1.60. The second-order valence-electron chi connectivity index (χ2n) is 4.28. The standard InChI is InChI=1S/C9H15F3INO3Si/c10-9(11,12)7-8(13)18-15-4-1-14(2-5-16-18)3-6-17-18/h8H,1-7H2. The number of hydrogen-bond donors (Lipinski definition) is 0. The quantitative estimate of drug-likeness (QED) is 0.403. The zero-order valence-electron chi connectivity index (χ0n) is 9.71. The van der Waals surface area contributed by atoms with Gasteiger partial charge in [-0.3, -0.25) is 4.90 Å². The van der Waals surface area contributed by atoms with Crippen molar-refractivity contribution >= 4 is 31.4 Å². The summed E-state index contributed by atoms with van der Waals surface area (Å²) in [5.74, 6) is 0. The van der Waals surface area contributed by atoms with Gasteiger partial charge in [0.1, 0.15) is 0 Å². The molecule has 0 aromatic rings. The first kappa shape index (κ1) is 15.0. The lowest BCUT2D eigenvalue weighted by Gasteiger charge is -2.40. The molecular formula is C9H15F3INO3Si.